The monoisotopic (exact) mass is 197 g/mol. The molecule has 0 saturated carbocycles. The lowest BCUT2D eigenvalue weighted by atomic mass is 10.1. The van der Waals surface area contributed by atoms with Crippen molar-refractivity contribution in [2.24, 2.45) is 5.92 Å². The Morgan fingerprint density at radius 3 is 2.79 bits per heavy atom. The third-order valence-electron chi connectivity index (χ3n) is 3.66. The third kappa shape index (κ3) is 2.47. The van der Waals surface area contributed by atoms with E-state index in [9.17, 15) is 0 Å². The van der Waals surface area contributed by atoms with Gasteiger partial charge in [0.25, 0.3) is 0 Å². The van der Waals surface area contributed by atoms with Crippen molar-refractivity contribution in [2.75, 3.05) is 46.8 Å². The highest BCUT2D eigenvalue weighted by Crippen LogP contribution is 2.17. The molecule has 2 fully saturated rings. The van der Waals surface area contributed by atoms with Crippen molar-refractivity contribution in [3.8, 4) is 0 Å². The Kier molecular flexibility index (Phi) is 3.42. The Hall–Kier alpha value is -0.120. The number of nitrogens with zero attached hydrogens (tertiary/aromatic N) is 2. The molecule has 0 aromatic heterocycles. The highest BCUT2D eigenvalue weighted by molar-refractivity contribution is 4.83. The van der Waals surface area contributed by atoms with Gasteiger partial charge >= 0.3 is 0 Å². The van der Waals surface area contributed by atoms with E-state index in [1.807, 2.05) is 0 Å². The summed E-state index contributed by atoms with van der Waals surface area (Å²) in [5.41, 5.74) is 0. The van der Waals surface area contributed by atoms with E-state index in [2.05, 4.69) is 29.2 Å². The maximum atomic E-state index is 3.44. The minimum absolute atomic E-state index is 0.796. The average Bonchev–Trinajstić information content (AvgIpc) is 2.75. The molecule has 14 heavy (non-hydrogen) atoms. The molecule has 2 heterocycles. The van der Waals surface area contributed by atoms with Crippen LogP contribution in [0.1, 0.15) is 12.8 Å². The number of rotatable bonds is 3. The summed E-state index contributed by atoms with van der Waals surface area (Å²) >= 11 is 0. The van der Waals surface area contributed by atoms with Gasteiger partial charge in [-0.1, -0.05) is 0 Å². The van der Waals surface area contributed by atoms with Crippen LogP contribution in [0.5, 0.6) is 0 Å². The van der Waals surface area contributed by atoms with Crippen LogP contribution < -0.4 is 5.32 Å². The highest BCUT2D eigenvalue weighted by Gasteiger charge is 2.26. The van der Waals surface area contributed by atoms with Gasteiger partial charge in [-0.15, -0.1) is 0 Å². The maximum Gasteiger partial charge on any atom is 0.0229 e. The van der Waals surface area contributed by atoms with Gasteiger partial charge in [0.2, 0.25) is 0 Å². The number of hydrogen-bond acceptors (Lipinski definition) is 3. The largest absolute Gasteiger partial charge is 0.316 e. The number of hydrogen-bond donors (Lipinski definition) is 1. The van der Waals surface area contributed by atoms with Gasteiger partial charge in [-0.25, -0.2) is 0 Å². The van der Waals surface area contributed by atoms with Crippen LogP contribution in [0.15, 0.2) is 0 Å². The molecular formula is C11H23N3. The second kappa shape index (κ2) is 4.60. The van der Waals surface area contributed by atoms with Crippen LogP contribution in [-0.2, 0) is 0 Å². The van der Waals surface area contributed by atoms with Crippen LogP contribution in [0.2, 0.25) is 0 Å². The molecule has 0 aliphatic carbocycles. The first-order valence-electron chi connectivity index (χ1n) is 5.85. The minimum Gasteiger partial charge on any atom is -0.316 e. The Morgan fingerprint density at radius 1 is 1.36 bits per heavy atom. The van der Waals surface area contributed by atoms with E-state index in [1.54, 1.807) is 0 Å². The number of likely N-dealkylation sites (tertiary alicyclic amines) is 1. The number of likely N-dealkylation sites (N-methyl/N-ethyl adjacent to an activating group) is 1. The molecule has 2 aliphatic heterocycles. The molecule has 1 N–H and O–H groups in total. The van der Waals surface area contributed by atoms with Gasteiger partial charge in [-0.3, -0.25) is 0 Å². The van der Waals surface area contributed by atoms with Crippen molar-refractivity contribution in [3.63, 3.8) is 0 Å². The first-order chi connectivity index (χ1) is 6.75. The summed E-state index contributed by atoms with van der Waals surface area (Å²) < 4.78 is 0. The molecular weight excluding hydrogens is 174 g/mol. The quantitative estimate of drug-likeness (QED) is 0.699. The molecule has 0 amide bonds. The van der Waals surface area contributed by atoms with E-state index >= 15 is 0 Å². The first kappa shape index (κ1) is 10.4. The maximum absolute atomic E-state index is 3.44. The lowest BCUT2D eigenvalue weighted by Crippen LogP contribution is -2.34. The second-order valence-corrected chi connectivity index (χ2v) is 5.02. The van der Waals surface area contributed by atoms with E-state index in [1.165, 1.54) is 45.6 Å². The Labute approximate surface area is 87.4 Å². The zero-order valence-corrected chi connectivity index (χ0v) is 9.50. The fourth-order valence-electron chi connectivity index (χ4n) is 2.63. The van der Waals surface area contributed by atoms with E-state index in [-0.39, 0.29) is 0 Å². The third-order valence-corrected chi connectivity index (χ3v) is 3.66. The molecule has 2 unspecified atom stereocenters. The summed E-state index contributed by atoms with van der Waals surface area (Å²) in [4.78, 5) is 5.01. The van der Waals surface area contributed by atoms with Crippen LogP contribution in [0, 0.1) is 5.92 Å². The van der Waals surface area contributed by atoms with Crippen molar-refractivity contribution in [2.45, 2.75) is 18.9 Å². The topological polar surface area (TPSA) is 18.5 Å². The molecule has 0 spiro atoms. The summed E-state index contributed by atoms with van der Waals surface area (Å²) in [6, 6.07) is 0.796. The van der Waals surface area contributed by atoms with Crippen LogP contribution in [0.4, 0.5) is 0 Å². The van der Waals surface area contributed by atoms with Crippen molar-refractivity contribution >= 4 is 0 Å². The van der Waals surface area contributed by atoms with Gasteiger partial charge in [0, 0.05) is 19.1 Å². The van der Waals surface area contributed by atoms with Crippen LogP contribution >= 0.6 is 0 Å². The van der Waals surface area contributed by atoms with E-state index in [0.717, 1.165) is 12.0 Å². The minimum atomic E-state index is 0.796. The standard InChI is InChI=1S/C11H23N3/c1-13(2)11-4-6-14(9-11)8-10-3-5-12-7-10/h10-12H,3-9H2,1-2H3. The summed E-state index contributed by atoms with van der Waals surface area (Å²) in [6.07, 6.45) is 2.73. The highest BCUT2D eigenvalue weighted by atomic mass is 15.2. The smallest absolute Gasteiger partial charge is 0.0229 e. The predicted molar refractivity (Wildman–Crippen MR) is 59.5 cm³/mol. The van der Waals surface area contributed by atoms with Gasteiger partial charge in [-0.05, 0) is 52.5 Å². The molecule has 82 valence electrons. The fraction of sp³-hybridized carbons (Fsp3) is 1.00. The number of nitrogens with one attached hydrogen (secondary N) is 1. The summed E-state index contributed by atoms with van der Waals surface area (Å²) in [5.74, 6) is 0.913. The van der Waals surface area contributed by atoms with Gasteiger partial charge in [0.1, 0.15) is 0 Å². The van der Waals surface area contributed by atoms with Crippen molar-refractivity contribution in [1.82, 2.24) is 15.1 Å². The Balaban J connectivity index is 1.72. The molecule has 0 bridgehead atoms. The van der Waals surface area contributed by atoms with Crippen LogP contribution in [0.25, 0.3) is 0 Å². The average molecular weight is 197 g/mol. The fourth-order valence-corrected chi connectivity index (χ4v) is 2.63. The molecule has 2 saturated heterocycles. The lowest BCUT2D eigenvalue weighted by molar-refractivity contribution is 0.247. The van der Waals surface area contributed by atoms with Gasteiger partial charge < -0.3 is 15.1 Å². The second-order valence-electron chi connectivity index (χ2n) is 5.02. The molecule has 2 atom stereocenters. The van der Waals surface area contributed by atoms with Crippen molar-refractivity contribution in [3.05, 3.63) is 0 Å². The summed E-state index contributed by atoms with van der Waals surface area (Å²) in [5, 5.41) is 3.44. The van der Waals surface area contributed by atoms with Gasteiger partial charge in [0.15, 0.2) is 0 Å². The van der Waals surface area contributed by atoms with Gasteiger partial charge in [0.05, 0.1) is 0 Å². The van der Waals surface area contributed by atoms with Crippen molar-refractivity contribution in [1.29, 1.82) is 0 Å². The van der Waals surface area contributed by atoms with Gasteiger partial charge in [-0.2, -0.15) is 0 Å². The molecule has 0 aromatic rings. The molecule has 0 radical (unpaired) electrons. The summed E-state index contributed by atoms with van der Waals surface area (Å²) in [7, 11) is 4.40. The zero-order chi connectivity index (χ0) is 9.97. The van der Waals surface area contributed by atoms with E-state index < -0.39 is 0 Å². The summed E-state index contributed by atoms with van der Waals surface area (Å²) in [6.45, 7) is 6.37. The zero-order valence-electron chi connectivity index (χ0n) is 9.50. The first-order valence-corrected chi connectivity index (χ1v) is 5.85. The van der Waals surface area contributed by atoms with Crippen LogP contribution in [-0.4, -0.2) is 62.7 Å². The normalized spacial score (nSPS) is 34.5. The van der Waals surface area contributed by atoms with Crippen LogP contribution in [0.3, 0.4) is 0 Å². The molecule has 0 aromatic carbocycles. The lowest BCUT2D eigenvalue weighted by Gasteiger charge is -2.22. The Bertz CT molecular complexity index is 175. The molecule has 3 nitrogen and oxygen atoms in total. The SMILES string of the molecule is CN(C)C1CCN(CC2CCNC2)C1. The Morgan fingerprint density at radius 2 is 2.21 bits per heavy atom. The molecule has 2 rings (SSSR count). The predicted octanol–water partition coefficient (Wildman–Crippen LogP) is 0.232. The molecule has 2 aliphatic rings. The van der Waals surface area contributed by atoms with Crippen molar-refractivity contribution < 1.29 is 0 Å². The van der Waals surface area contributed by atoms with E-state index in [0.29, 0.717) is 0 Å². The molecule has 3 heteroatoms. The van der Waals surface area contributed by atoms with E-state index in [4.69, 9.17) is 0 Å².